The molecule has 0 aliphatic rings. The van der Waals surface area contributed by atoms with Gasteiger partial charge in [0.15, 0.2) is 0 Å². The minimum absolute atomic E-state index is 0.169. The third-order valence-electron chi connectivity index (χ3n) is 4.05. The standard InChI is InChI=1S/C18H32N2O.C2H2O4/c1-5-20(6-2)17(12-16-10-8-7-9-11-16)18(21)14-19-13-15(3)4;3-5-1-2-6-4/h7-11,15,17-19,21H,5-6,12-14H2,1-4H3;3-4H/t17-,18+;/m0./s1. The largest absolute Gasteiger partial charge is 0.390 e. The minimum Gasteiger partial charge on any atom is -0.390 e. The predicted molar refractivity (Wildman–Crippen MR) is 106 cm³/mol. The van der Waals surface area contributed by atoms with Crippen LogP contribution in [0.2, 0.25) is 0 Å². The fraction of sp³-hybridized carbons (Fsp3) is 0.600. The molecule has 1 aromatic rings. The Labute approximate surface area is 162 Å². The van der Waals surface area contributed by atoms with Crippen molar-refractivity contribution in [1.82, 2.24) is 10.2 Å². The molecule has 1 aromatic carbocycles. The SMILES string of the molecule is CCN(CC)[C@@H](Cc1ccccc1)[C@H](O)CNCC(C)C.OOC#COO. The zero-order valence-electron chi connectivity index (χ0n) is 16.8. The van der Waals surface area contributed by atoms with Crippen LogP contribution in [0.1, 0.15) is 33.3 Å². The molecule has 1 rings (SSSR count). The molecule has 4 N–H and O–H groups in total. The average molecular weight is 383 g/mol. The van der Waals surface area contributed by atoms with Crippen LogP contribution in [-0.2, 0) is 16.2 Å². The van der Waals surface area contributed by atoms with E-state index >= 15 is 0 Å². The van der Waals surface area contributed by atoms with Crippen molar-refractivity contribution >= 4 is 0 Å². The van der Waals surface area contributed by atoms with E-state index in [-0.39, 0.29) is 12.1 Å². The summed E-state index contributed by atoms with van der Waals surface area (Å²) in [5, 5.41) is 28.7. The second-order valence-electron chi connectivity index (χ2n) is 6.48. The Morgan fingerprint density at radius 3 is 2.00 bits per heavy atom. The lowest BCUT2D eigenvalue weighted by molar-refractivity contribution is -0.188. The Morgan fingerprint density at radius 1 is 1.00 bits per heavy atom. The lowest BCUT2D eigenvalue weighted by Gasteiger charge is -2.34. The van der Waals surface area contributed by atoms with E-state index in [2.05, 4.69) is 72.0 Å². The van der Waals surface area contributed by atoms with Crippen molar-refractivity contribution in [1.29, 1.82) is 0 Å². The normalized spacial score (nSPS) is 12.5. The van der Waals surface area contributed by atoms with Gasteiger partial charge in [0.05, 0.1) is 6.10 Å². The van der Waals surface area contributed by atoms with Crippen LogP contribution in [0.25, 0.3) is 0 Å². The van der Waals surface area contributed by atoms with E-state index in [1.54, 1.807) is 0 Å². The summed E-state index contributed by atoms with van der Waals surface area (Å²) in [5.41, 5.74) is 1.29. The number of likely N-dealkylation sites (N-methyl/N-ethyl adjacent to an activating group) is 1. The van der Waals surface area contributed by atoms with Crippen LogP contribution >= 0.6 is 0 Å². The third-order valence-corrected chi connectivity index (χ3v) is 4.05. The molecule has 0 bridgehead atoms. The highest BCUT2D eigenvalue weighted by atomic mass is 17.1. The van der Waals surface area contributed by atoms with Gasteiger partial charge in [-0.25, -0.2) is 0 Å². The van der Waals surface area contributed by atoms with Gasteiger partial charge in [-0.05, 0) is 37.5 Å². The van der Waals surface area contributed by atoms with E-state index in [1.807, 2.05) is 6.07 Å². The highest BCUT2D eigenvalue weighted by molar-refractivity contribution is 5.16. The average Bonchev–Trinajstić information content (AvgIpc) is 2.67. The van der Waals surface area contributed by atoms with Crippen molar-refractivity contribution in [3.63, 3.8) is 0 Å². The summed E-state index contributed by atoms with van der Waals surface area (Å²) in [7, 11) is 0. The molecular weight excluding hydrogens is 348 g/mol. The lowest BCUT2D eigenvalue weighted by atomic mass is 9.99. The summed E-state index contributed by atoms with van der Waals surface area (Å²) in [4.78, 5) is 8.63. The summed E-state index contributed by atoms with van der Waals surface area (Å²) in [5.74, 6) is 0.609. The molecule has 0 saturated heterocycles. The fourth-order valence-corrected chi connectivity index (χ4v) is 2.75. The zero-order chi connectivity index (χ0) is 20.5. The van der Waals surface area contributed by atoms with Crippen LogP contribution in [0, 0.1) is 18.1 Å². The molecule has 0 unspecified atom stereocenters. The summed E-state index contributed by atoms with van der Waals surface area (Å²) in [6, 6.07) is 10.6. The maximum Gasteiger partial charge on any atom is 0.204 e. The van der Waals surface area contributed by atoms with Gasteiger partial charge >= 0.3 is 0 Å². The number of rotatable bonds is 10. The first-order valence-corrected chi connectivity index (χ1v) is 9.27. The van der Waals surface area contributed by atoms with Crippen molar-refractivity contribution in [3.8, 4) is 12.2 Å². The van der Waals surface area contributed by atoms with Crippen LogP contribution in [0.4, 0.5) is 0 Å². The summed E-state index contributed by atoms with van der Waals surface area (Å²) in [6.07, 6.45) is 3.61. The van der Waals surface area contributed by atoms with E-state index in [9.17, 15) is 5.11 Å². The van der Waals surface area contributed by atoms with Crippen LogP contribution in [-0.4, -0.2) is 58.8 Å². The molecule has 154 valence electrons. The molecule has 0 aliphatic carbocycles. The van der Waals surface area contributed by atoms with Crippen molar-refractivity contribution in [2.45, 2.75) is 46.3 Å². The highest BCUT2D eigenvalue weighted by Gasteiger charge is 2.24. The van der Waals surface area contributed by atoms with Crippen molar-refractivity contribution < 1.29 is 25.4 Å². The predicted octanol–water partition coefficient (Wildman–Crippen LogP) is 2.43. The molecule has 0 saturated carbocycles. The van der Waals surface area contributed by atoms with Gasteiger partial charge in [-0.3, -0.25) is 14.7 Å². The molecule has 7 nitrogen and oxygen atoms in total. The second kappa shape index (κ2) is 16.4. The number of aliphatic hydroxyl groups is 1. The third kappa shape index (κ3) is 12.2. The number of nitrogens with zero attached hydrogens (tertiary/aromatic N) is 1. The van der Waals surface area contributed by atoms with Gasteiger partial charge in [0.25, 0.3) is 0 Å². The smallest absolute Gasteiger partial charge is 0.204 e. The van der Waals surface area contributed by atoms with Crippen LogP contribution in [0.3, 0.4) is 0 Å². The number of hydrogen-bond donors (Lipinski definition) is 4. The molecule has 7 heteroatoms. The van der Waals surface area contributed by atoms with E-state index < -0.39 is 0 Å². The summed E-state index contributed by atoms with van der Waals surface area (Å²) < 4.78 is 0. The Hall–Kier alpha value is -1.82. The second-order valence-corrected chi connectivity index (χ2v) is 6.48. The fourth-order valence-electron chi connectivity index (χ4n) is 2.75. The van der Waals surface area contributed by atoms with Crippen LogP contribution < -0.4 is 5.32 Å². The van der Waals surface area contributed by atoms with Gasteiger partial charge < -0.3 is 10.4 Å². The van der Waals surface area contributed by atoms with E-state index in [4.69, 9.17) is 10.5 Å². The number of aliphatic hydroxyl groups excluding tert-OH is 1. The number of hydrogen-bond acceptors (Lipinski definition) is 7. The topological polar surface area (TPSA) is 94.4 Å². The highest BCUT2D eigenvalue weighted by Crippen LogP contribution is 2.12. The number of benzene rings is 1. The first-order valence-electron chi connectivity index (χ1n) is 9.27. The van der Waals surface area contributed by atoms with E-state index in [1.165, 1.54) is 17.8 Å². The molecule has 27 heavy (non-hydrogen) atoms. The number of nitrogens with one attached hydrogen (secondary N) is 1. The Bertz CT molecular complexity index is 504. The van der Waals surface area contributed by atoms with Crippen molar-refractivity contribution in [2.24, 2.45) is 5.92 Å². The zero-order valence-corrected chi connectivity index (χ0v) is 16.8. The summed E-state index contributed by atoms with van der Waals surface area (Å²) in [6.45, 7) is 12.2. The Morgan fingerprint density at radius 2 is 1.56 bits per heavy atom. The van der Waals surface area contributed by atoms with Gasteiger partial charge in [-0.2, -0.15) is 10.5 Å². The molecule has 2 atom stereocenters. The first-order chi connectivity index (χ1) is 13.0. The van der Waals surface area contributed by atoms with Gasteiger partial charge in [0.1, 0.15) is 0 Å². The van der Waals surface area contributed by atoms with Crippen LogP contribution in [0.5, 0.6) is 0 Å². The molecule has 0 heterocycles. The lowest BCUT2D eigenvalue weighted by Crippen LogP contribution is -2.49. The first kappa shape index (κ1) is 25.2. The van der Waals surface area contributed by atoms with Gasteiger partial charge in [-0.1, -0.05) is 58.0 Å². The molecule has 0 aromatic heterocycles. The van der Waals surface area contributed by atoms with E-state index in [0.29, 0.717) is 12.5 Å². The van der Waals surface area contributed by atoms with Crippen LogP contribution in [0.15, 0.2) is 30.3 Å². The van der Waals surface area contributed by atoms with E-state index in [0.717, 1.165) is 26.1 Å². The molecule has 0 fully saturated rings. The molecule has 0 spiro atoms. The molecule has 0 aliphatic heterocycles. The Balaban J connectivity index is 0.000000972. The van der Waals surface area contributed by atoms with Crippen molar-refractivity contribution in [3.05, 3.63) is 35.9 Å². The Kier molecular flexibility index (Phi) is 15.3. The summed E-state index contributed by atoms with van der Waals surface area (Å²) >= 11 is 0. The minimum atomic E-state index is -0.344. The molecule has 0 amide bonds. The van der Waals surface area contributed by atoms with Gasteiger partial charge in [0.2, 0.25) is 12.2 Å². The molecule has 0 radical (unpaired) electrons. The van der Waals surface area contributed by atoms with Gasteiger partial charge in [-0.15, -0.1) is 0 Å². The van der Waals surface area contributed by atoms with Crippen molar-refractivity contribution in [2.75, 3.05) is 26.2 Å². The monoisotopic (exact) mass is 382 g/mol. The molecular formula is C20H34N2O5. The van der Waals surface area contributed by atoms with Gasteiger partial charge in [0, 0.05) is 12.6 Å². The maximum absolute atomic E-state index is 10.6. The maximum atomic E-state index is 10.6. The quantitative estimate of drug-likeness (QED) is 0.280.